The summed E-state index contributed by atoms with van der Waals surface area (Å²) in [5, 5.41) is 2.42. The molecule has 0 bridgehead atoms. The Hall–Kier alpha value is -0.660. The van der Waals surface area contributed by atoms with Gasteiger partial charge in [0.2, 0.25) is 0 Å². The van der Waals surface area contributed by atoms with Crippen molar-refractivity contribution in [3.8, 4) is 0 Å². The fourth-order valence-corrected chi connectivity index (χ4v) is 3.33. The minimum Gasteiger partial charge on any atom is -0.376 e. The van der Waals surface area contributed by atoms with Gasteiger partial charge in [-0.25, -0.2) is 4.98 Å². The molecule has 0 aromatic carbocycles. The smallest absolute Gasteiger partial charge is 0.376 e. The van der Waals surface area contributed by atoms with E-state index in [4.69, 9.17) is 4.74 Å². The molecule has 1 N–H and O–H groups in total. The van der Waals surface area contributed by atoms with E-state index in [1.807, 2.05) is 20.8 Å². The van der Waals surface area contributed by atoms with E-state index in [0.717, 1.165) is 0 Å². The lowest BCUT2D eigenvalue weighted by Crippen LogP contribution is -2.44. The van der Waals surface area contributed by atoms with Gasteiger partial charge in [-0.2, -0.15) is 13.2 Å². The number of halogens is 3. The van der Waals surface area contributed by atoms with Gasteiger partial charge in [0.25, 0.3) is 0 Å². The van der Waals surface area contributed by atoms with Gasteiger partial charge < -0.3 is 10.1 Å². The fraction of sp³-hybridized carbons (Fsp3) is 0.769. The maximum absolute atomic E-state index is 12.7. The van der Waals surface area contributed by atoms with Crippen molar-refractivity contribution >= 4 is 11.3 Å². The number of alkyl halides is 3. The molecule has 0 aliphatic heterocycles. The van der Waals surface area contributed by atoms with E-state index >= 15 is 0 Å². The van der Waals surface area contributed by atoms with Gasteiger partial charge in [-0.3, -0.25) is 0 Å². The van der Waals surface area contributed by atoms with Crippen molar-refractivity contribution in [1.82, 2.24) is 10.3 Å². The van der Waals surface area contributed by atoms with E-state index in [0.29, 0.717) is 35.6 Å². The van der Waals surface area contributed by atoms with Crippen molar-refractivity contribution < 1.29 is 17.9 Å². The van der Waals surface area contributed by atoms with E-state index < -0.39 is 16.8 Å². The zero-order valence-electron chi connectivity index (χ0n) is 12.2. The molecule has 0 amide bonds. The van der Waals surface area contributed by atoms with Gasteiger partial charge >= 0.3 is 6.18 Å². The SMILES string of the molecule is CCNC(c1cnc(C(F)(F)F)s1)C(CC)(CC)OC. The number of hydrogen-bond donors (Lipinski definition) is 1. The Bertz CT molecular complexity index is 408. The van der Waals surface area contributed by atoms with Crippen LogP contribution in [0.2, 0.25) is 0 Å². The van der Waals surface area contributed by atoms with Crippen LogP contribution >= 0.6 is 11.3 Å². The summed E-state index contributed by atoms with van der Waals surface area (Å²) in [6, 6.07) is -0.291. The molecule has 1 aromatic heterocycles. The number of likely N-dealkylation sites (N-methyl/N-ethyl adjacent to an activating group) is 1. The van der Waals surface area contributed by atoms with E-state index in [-0.39, 0.29) is 6.04 Å². The molecule has 1 unspecified atom stereocenters. The average Bonchev–Trinajstić information content (AvgIpc) is 2.89. The van der Waals surface area contributed by atoms with Crippen LogP contribution in [-0.2, 0) is 10.9 Å². The maximum Gasteiger partial charge on any atom is 0.443 e. The van der Waals surface area contributed by atoms with Gasteiger partial charge in [0.05, 0.1) is 11.6 Å². The van der Waals surface area contributed by atoms with Gasteiger partial charge in [-0.15, -0.1) is 11.3 Å². The molecule has 0 aliphatic carbocycles. The molecule has 116 valence electrons. The molecule has 0 saturated heterocycles. The van der Waals surface area contributed by atoms with Crippen molar-refractivity contribution in [2.75, 3.05) is 13.7 Å². The molecule has 1 rings (SSSR count). The number of thiazole rings is 1. The molecule has 3 nitrogen and oxygen atoms in total. The quantitative estimate of drug-likeness (QED) is 0.826. The third kappa shape index (κ3) is 3.51. The molecule has 1 atom stereocenters. The van der Waals surface area contributed by atoms with E-state index in [9.17, 15) is 13.2 Å². The summed E-state index contributed by atoms with van der Waals surface area (Å²) in [5.41, 5.74) is -0.522. The topological polar surface area (TPSA) is 34.2 Å². The zero-order chi connectivity index (χ0) is 15.4. The Kier molecular flexibility index (Phi) is 5.97. The monoisotopic (exact) mass is 310 g/mol. The van der Waals surface area contributed by atoms with Crippen molar-refractivity contribution in [3.63, 3.8) is 0 Å². The predicted octanol–water partition coefficient (Wildman–Crippen LogP) is 4.02. The predicted molar refractivity (Wildman–Crippen MR) is 73.9 cm³/mol. The number of nitrogens with one attached hydrogen (secondary N) is 1. The first-order chi connectivity index (χ1) is 9.34. The van der Waals surface area contributed by atoms with E-state index in [2.05, 4.69) is 10.3 Å². The van der Waals surface area contributed by atoms with Gasteiger partial charge in [-0.05, 0) is 19.4 Å². The Morgan fingerprint density at radius 1 is 1.30 bits per heavy atom. The van der Waals surface area contributed by atoms with Crippen LogP contribution in [0.15, 0.2) is 6.20 Å². The van der Waals surface area contributed by atoms with Crippen LogP contribution in [0.5, 0.6) is 0 Å². The summed E-state index contributed by atoms with van der Waals surface area (Å²) in [7, 11) is 1.60. The highest BCUT2D eigenvalue weighted by Crippen LogP contribution is 2.40. The van der Waals surface area contributed by atoms with E-state index in [1.54, 1.807) is 7.11 Å². The van der Waals surface area contributed by atoms with Crippen molar-refractivity contribution in [2.24, 2.45) is 0 Å². The summed E-state index contributed by atoms with van der Waals surface area (Å²) < 4.78 is 43.7. The van der Waals surface area contributed by atoms with Crippen LogP contribution in [0.3, 0.4) is 0 Å². The largest absolute Gasteiger partial charge is 0.443 e. The molecular weight excluding hydrogens is 289 g/mol. The number of rotatable bonds is 7. The minimum absolute atomic E-state index is 0.291. The summed E-state index contributed by atoms with van der Waals surface area (Å²) in [4.78, 5) is 4.06. The number of aromatic nitrogens is 1. The Balaban J connectivity index is 3.16. The van der Waals surface area contributed by atoms with Crippen LogP contribution in [0.4, 0.5) is 13.2 Å². The lowest BCUT2D eigenvalue weighted by Gasteiger charge is -2.38. The normalized spacial score (nSPS) is 14.6. The third-order valence-corrected chi connectivity index (χ3v) is 4.70. The third-order valence-electron chi connectivity index (χ3n) is 3.59. The van der Waals surface area contributed by atoms with Crippen molar-refractivity contribution in [3.05, 3.63) is 16.1 Å². The van der Waals surface area contributed by atoms with Crippen LogP contribution in [0, 0.1) is 0 Å². The number of nitrogens with zero attached hydrogens (tertiary/aromatic N) is 1. The van der Waals surface area contributed by atoms with Crippen molar-refractivity contribution in [2.45, 2.75) is 51.4 Å². The second-order valence-corrected chi connectivity index (χ2v) is 5.59. The first-order valence-corrected chi connectivity index (χ1v) is 7.47. The van der Waals surface area contributed by atoms with Crippen LogP contribution in [0.1, 0.15) is 49.5 Å². The first-order valence-electron chi connectivity index (χ1n) is 6.66. The first kappa shape index (κ1) is 17.4. The van der Waals surface area contributed by atoms with Gasteiger partial charge in [0.15, 0.2) is 5.01 Å². The minimum atomic E-state index is -4.39. The highest BCUT2D eigenvalue weighted by Gasteiger charge is 2.40. The van der Waals surface area contributed by atoms with Crippen LogP contribution < -0.4 is 5.32 Å². The average molecular weight is 310 g/mol. The molecular formula is C13H21F3N2OS. The lowest BCUT2D eigenvalue weighted by atomic mass is 9.87. The second-order valence-electron chi connectivity index (χ2n) is 4.53. The molecule has 0 saturated carbocycles. The zero-order valence-corrected chi connectivity index (χ0v) is 13.0. The standard InChI is InChI=1S/C13H21F3N2OS/c1-5-12(6-2,19-4)10(17-7-3)9-8-18-11(20-9)13(14,15)16/h8,10,17H,5-7H2,1-4H3. The Morgan fingerprint density at radius 2 is 1.90 bits per heavy atom. The lowest BCUT2D eigenvalue weighted by molar-refractivity contribution is -0.137. The molecule has 0 radical (unpaired) electrons. The van der Waals surface area contributed by atoms with Gasteiger partial charge in [-0.1, -0.05) is 20.8 Å². The van der Waals surface area contributed by atoms with E-state index in [1.165, 1.54) is 6.20 Å². The number of hydrogen-bond acceptors (Lipinski definition) is 4. The molecule has 0 spiro atoms. The summed E-state index contributed by atoms with van der Waals surface area (Å²) in [6.07, 6.45) is -1.68. The summed E-state index contributed by atoms with van der Waals surface area (Å²) in [6.45, 7) is 6.52. The number of methoxy groups -OCH3 is 1. The maximum atomic E-state index is 12.7. The second kappa shape index (κ2) is 6.87. The molecule has 7 heteroatoms. The molecule has 0 fully saturated rings. The molecule has 20 heavy (non-hydrogen) atoms. The summed E-state index contributed by atoms with van der Waals surface area (Å²) >= 11 is 0.682. The molecule has 0 aliphatic rings. The highest BCUT2D eigenvalue weighted by atomic mass is 32.1. The summed E-state index contributed by atoms with van der Waals surface area (Å²) in [5.74, 6) is 0. The van der Waals surface area contributed by atoms with Crippen molar-refractivity contribution in [1.29, 1.82) is 0 Å². The highest BCUT2D eigenvalue weighted by molar-refractivity contribution is 7.11. The molecule has 1 aromatic rings. The Labute approximate surface area is 121 Å². The van der Waals surface area contributed by atoms with Crippen LogP contribution in [0.25, 0.3) is 0 Å². The Morgan fingerprint density at radius 3 is 2.25 bits per heavy atom. The van der Waals surface area contributed by atoms with Gasteiger partial charge in [0, 0.05) is 18.2 Å². The van der Waals surface area contributed by atoms with Crippen LogP contribution in [-0.4, -0.2) is 24.2 Å². The molecule has 1 heterocycles. The number of ether oxygens (including phenoxy) is 1. The fourth-order valence-electron chi connectivity index (χ4n) is 2.37. The van der Waals surface area contributed by atoms with Gasteiger partial charge in [0.1, 0.15) is 0 Å².